The van der Waals surface area contributed by atoms with Gasteiger partial charge in [0, 0.05) is 56.8 Å². The second-order valence-corrected chi connectivity index (χ2v) is 6.14. The topological polar surface area (TPSA) is 41.4 Å². The van der Waals surface area contributed by atoms with Crippen LogP contribution < -0.4 is 4.90 Å². The summed E-state index contributed by atoms with van der Waals surface area (Å²) < 4.78 is 40.2. The van der Waals surface area contributed by atoms with Crippen LogP contribution >= 0.6 is 0 Å². The number of benzene rings is 1. The summed E-state index contributed by atoms with van der Waals surface area (Å²) >= 11 is 0. The molecule has 0 unspecified atom stereocenters. The molecule has 1 aromatic carbocycles. The minimum atomic E-state index is -4.36. The summed E-state index contributed by atoms with van der Waals surface area (Å²) in [5, 5.41) is 4.03. The Hall–Kier alpha value is -2.77. The Labute approximate surface area is 149 Å². The van der Waals surface area contributed by atoms with Gasteiger partial charge in [-0.25, -0.2) is 0 Å². The Bertz CT molecular complexity index is 805. The first kappa shape index (κ1) is 18.0. The number of rotatable bonds is 3. The number of alkyl halides is 3. The number of amides is 1. The van der Waals surface area contributed by atoms with E-state index in [9.17, 15) is 18.0 Å². The minimum absolute atomic E-state index is 0.113. The SMILES string of the molecule is Cn1cc(C=CC(=O)N2CCN(c3cccc(C(F)(F)F)c3)CC2)cn1. The maximum atomic E-state index is 12.8. The molecule has 0 spiro atoms. The zero-order valence-corrected chi connectivity index (χ0v) is 14.3. The highest BCUT2D eigenvalue weighted by Crippen LogP contribution is 2.31. The molecule has 0 N–H and O–H groups in total. The third-order valence-electron chi connectivity index (χ3n) is 4.27. The van der Waals surface area contributed by atoms with Gasteiger partial charge in [-0.2, -0.15) is 18.3 Å². The quantitative estimate of drug-likeness (QED) is 0.787. The van der Waals surface area contributed by atoms with Gasteiger partial charge in [-0.3, -0.25) is 9.48 Å². The van der Waals surface area contributed by atoms with Crippen LogP contribution in [0.5, 0.6) is 0 Å². The first-order chi connectivity index (χ1) is 12.3. The molecule has 0 aliphatic carbocycles. The first-order valence-electron chi connectivity index (χ1n) is 8.21. The molecule has 2 heterocycles. The van der Waals surface area contributed by atoms with Crippen LogP contribution in [0.25, 0.3) is 6.08 Å². The van der Waals surface area contributed by atoms with Gasteiger partial charge in [0.25, 0.3) is 0 Å². The maximum absolute atomic E-state index is 12.8. The molecule has 2 aromatic rings. The third-order valence-corrected chi connectivity index (χ3v) is 4.27. The van der Waals surface area contributed by atoms with E-state index in [0.717, 1.165) is 17.7 Å². The Balaban J connectivity index is 1.59. The molecule has 1 aromatic heterocycles. The van der Waals surface area contributed by atoms with E-state index in [1.807, 2.05) is 4.90 Å². The Kier molecular flexibility index (Phi) is 5.01. The first-order valence-corrected chi connectivity index (χ1v) is 8.21. The number of halogens is 3. The predicted molar refractivity (Wildman–Crippen MR) is 92.5 cm³/mol. The van der Waals surface area contributed by atoms with Crippen molar-refractivity contribution < 1.29 is 18.0 Å². The van der Waals surface area contributed by atoms with Crippen LogP contribution in [0.15, 0.2) is 42.7 Å². The van der Waals surface area contributed by atoms with Gasteiger partial charge in [0.2, 0.25) is 5.91 Å². The molecule has 1 fully saturated rings. The molecule has 3 rings (SSSR count). The van der Waals surface area contributed by atoms with E-state index >= 15 is 0 Å². The molecule has 1 saturated heterocycles. The van der Waals surface area contributed by atoms with Crippen molar-refractivity contribution >= 4 is 17.7 Å². The molecule has 138 valence electrons. The Morgan fingerprint density at radius 2 is 1.92 bits per heavy atom. The second-order valence-electron chi connectivity index (χ2n) is 6.14. The zero-order valence-electron chi connectivity index (χ0n) is 14.3. The Morgan fingerprint density at radius 3 is 2.54 bits per heavy atom. The molecule has 0 saturated carbocycles. The van der Waals surface area contributed by atoms with Crippen molar-refractivity contribution in [2.45, 2.75) is 6.18 Å². The van der Waals surface area contributed by atoms with E-state index in [1.165, 1.54) is 12.1 Å². The number of aryl methyl sites for hydroxylation is 1. The largest absolute Gasteiger partial charge is 0.416 e. The molecule has 26 heavy (non-hydrogen) atoms. The van der Waals surface area contributed by atoms with E-state index in [1.54, 1.807) is 41.2 Å². The summed E-state index contributed by atoms with van der Waals surface area (Å²) in [4.78, 5) is 15.8. The average molecular weight is 364 g/mol. The highest BCUT2D eigenvalue weighted by molar-refractivity contribution is 5.91. The molecule has 0 atom stereocenters. The summed E-state index contributed by atoms with van der Waals surface area (Å²) in [7, 11) is 1.80. The number of piperazine rings is 1. The van der Waals surface area contributed by atoms with E-state index in [4.69, 9.17) is 0 Å². The van der Waals surface area contributed by atoms with Crippen LogP contribution in [0.2, 0.25) is 0 Å². The number of carbonyl (C=O) groups excluding carboxylic acids is 1. The number of carbonyl (C=O) groups is 1. The van der Waals surface area contributed by atoms with Crippen molar-refractivity contribution in [2.24, 2.45) is 7.05 Å². The fourth-order valence-corrected chi connectivity index (χ4v) is 2.86. The van der Waals surface area contributed by atoms with Crippen LogP contribution in [-0.2, 0) is 18.0 Å². The van der Waals surface area contributed by atoms with Gasteiger partial charge >= 0.3 is 6.18 Å². The molecule has 1 aliphatic rings. The van der Waals surface area contributed by atoms with E-state index in [2.05, 4.69) is 5.10 Å². The van der Waals surface area contributed by atoms with Gasteiger partial charge in [-0.1, -0.05) is 6.07 Å². The van der Waals surface area contributed by atoms with Crippen molar-refractivity contribution in [3.63, 3.8) is 0 Å². The summed E-state index contributed by atoms with van der Waals surface area (Å²) in [5.41, 5.74) is 0.703. The van der Waals surface area contributed by atoms with Crippen molar-refractivity contribution in [3.05, 3.63) is 53.9 Å². The lowest BCUT2D eigenvalue weighted by Gasteiger charge is -2.35. The van der Waals surface area contributed by atoms with Gasteiger partial charge < -0.3 is 9.80 Å². The molecule has 0 bridgehead atoms. The number of hydrogen-bond donors (Lipinski definition) is 0. The van der Waals surface area contributed by atoms with E-state index < -0.39 is 11.7 Å². The van der Waals surface area contributed by atoms with Crippen molar-refractivity contribution in [1.29, 1.82) is 0 Å². The van der Waals surface area contributed by atoms with Crippen LogP contribution in [0, 0.1) is 0 Å². The van der Waals surface area contributed by atoms with Crippen LogP contribution in [0.3, 0.4) is 0 Å². The average Bonchev–Trinajstić information content (AvgIpc) is 3.04. The highest BCUT2D eigenvalue weighted by atomic mass is 19.4. The van der Waals surface area contributed by atoms with Crippen molar-refractivity contribution in [1.82, 2.24) is 14.7 Å². The lowest BCUT2D eigenvalue weighted by Crippen LogP contribution is -2.48. The van der Waals surface area contributed by atoms with Gasteiger partial charge in [-0.15, -0.1) is 0 Å². The van der Waals surface area contributed by atoms with Crippen molar-refractivity contribution in [3.8, 4) is 0 Å². The standard InChI is InChI=1S/C18H19F3N4O/c1-23-13-14(12-22-23)5-6-17(26)25-9-7-24(8-10-25)16-4-2-3-15(11-16)18(19,20)21/h2-6,11-13H,7-10H2,1H3. The molecule has 0 radical (unpaired) electrons. The summed E-state index contributed by atoms with van der Waals surface area (Å²) in [5.74, 6) is -0.113. The molecule has 1 amide bonds. The fraction of sp³-hybridized carbons (Fsp3) is 0.333. The van der Waals surface area contributed by atoms with Gasteiger partial charge in [-0.05, 0) is 24.3 Å². The molecular weight excluding hydrogens is 345 g/mol. The summed E-state index contributed by atoms with van der Waals surface area (Å²) in [6.07, 6.45) is 2.31. The fourth-order valence-electron chi connectivity index (χ4n) is 2.86. The van der Waals surface area contributed by atoms with Crippen molar-refractivity contribution in [2.75, 3.05) is 31.1 Å². The monoisotopic (exact) mass is 364 g/mol. The van der Waals surface area contributed by atoms with Crippen LogP contribution in [0.1, 0.15) is 11.1 Å². The van der Waals surface area contributed by atoms with Gasteiger partial charge in [0.15, 0.2) is 0 Å². The normalized spacial score (nSPS) is 15.7. The Morgan fingerprint density at radius 1 is 1.19 bits per heavy atom. The highest BCUT2D eigenvalue weighted by Gasteiger charge is 2.31. The lowest BCUT2D eigenvalue weighted by molar-refractivity contribution is -0.137. The zero-order chi connectivity index (χ0) is 18.7. The summed E-state index contributed by atoms with van der Waals surface area (Å²) in [6, 6.07) is 5.29. The molecular formula is C18H19F3N4O. The smallest absolute Gasteiger partial charge is 0.368 e. The van der Waals surface area contributed by atoms with Gasteiger partial charge in [0.05, 0.1) is 11.8 Å². The molecule has 1 aliphatic heterocycles. The van der Waals surface area contributed by atoms with E-state index in [-0.39, 0.29) is 5.91 Å². The lowest BCUT2D eigenvalue weighted by atomic mass is 10.1. The number of anilines is 1. The van der Waals surface area contributed by atoms with Crippen LogP contribution in [-0.4, -0.2) is 46.8 Å². The van der Waals surface area contributed by atoms with Crippen LogP contribution in [0.4, 0.5) is 18.9 Å². The third kappa shape index (κ3) is 4.25. The maximum Gasteiger partial charge on any atom is 0.416 e. The number of aromatic nitrogens is 2. The summed E-state index contributed by atoms with van der Waals surface area (Å²) in [6.45, 7) is 1.92. The molecule has 8 heteroatoms. The van der Waals surface area contributed by atoms with E-state index in [0.29, 0.717) is 31.9 Å². The predicted octanol–water partition coefficient (Wildman–Crippen LogP) is 2.80. The molecule has 5 nitrogen and oxygen atoms in total. The number of nitrogens with zero attached hydrogens (tertiary/aromatic N) is 4. The van der Waals surface area contributed by atoms with Gasteiger partial charge in [0.1, 0.15) is 0 Å². The number of hydrogen-bond acceptors (Lipinski definition) is 3. The second kappa shape index (κ2) is 7.23. The minimum Gasteiger partial charge on any atom is -0.368 e.